The number of nitrogens with one attached hydrogen (secondary N) is 2. The van der Waals surface area contributed by atoms with Crippen LogP contribution in [-0.2, 0) is 0 Å². The van der Waals surface area contributed by atoms with Gasteiger partial charge in [0, 0.05) is 22.7 Å². The predicted molar refractivity (Wildman–Crippen MR) is 108 cm³/mol. The van der Waals surface area contributed by atoms with Crippen molar-refractivity contribution >= 4 is 45.5 Å². The van der Waals surface area contributed by atoms with E-state index in [2.05, 4.69) is 10.6 Å². The summed E-state index contributed by atoms with van der Waals surface area (Å²) < 4.78 is 0. The van der Waals surface area contributed by atoms with E-state index in [0.717, 1.165) is 6.07 Å². The van der Waals surface area contributed by atoms with Crippen molar-refractivity contribution in [2.75, 3.05) is 22.1 Å². The minimum Gasteiger partial charge on any atom is -0.399 e. The molecule has 0 spiro atoms. The first kappa shape index (κ1) is 18.5. The van der Waals surface area contributed by atoms with Gasteiger partial charge in [0.15, 0.2) is 0 Å². The topological polar surface area (TPSA) is 162 Å². The molecule has 0 saturated carbocycles. The van der Waals surface area contributed by atoms with Crippen molar-refractivity contribution in [3.05, 3.63) is 80.9 Å². The fourth-order valence-corrected chi connectivity index (χ4v) is 2.62. The van der Waals surface area contributed by atoms with Crippen LogP contribution in [0.15, 0.2) is 60.7 Å². The van der Waals surface area contributed by atoms with Crippen LogP contribution >= 0.6 is 0 Å². The highest BCUT2D eigenvalue weighted by molar-refractivity contribution is 5.82. The Balaban J connectivity index is 2.09. The summed E-state index contributed by atoms with van der Waals surface area (Å²) in [5, 5.41) is 28.7. The molecule has 28 heavy (non-hydrogen) atoms. The number of nitrogen functional groups attached to an aromatic ring is 2. The van der Waals surface area contributed by atoms with Gasteiger partial charge in [0.2, 0.25) is 0 Å². The summed E-state index contributed by atoms with van der Waals surface area (Å²) in [5.74, 6) is 0. The lowest BCUT2D eigenvalue weighted by Crippen LogP contribution is -2.03. The molecular weight excluding hydrogens is 364 g/mol. The Hall–Kier alpha value is -4.34. The lowest BCUT2D eigenvalue weighted by molar-refractivity contribution is -0.393. The molecule has 3 rings (SSSR count). The average molecular weight is 380 g/mol. The minimum atomic E-state index is -0.689. The van der Waals surface area contributed by atoms with E-state index < -0.39 is 21.2 Å². The van der Waals surface area contributed by atoms with Gasteiger partial charge in [-0.2, -0.15) is 0 Å². The van der Waals surface area contributed by atoms with Crippen molar-refractivity contribution in [1.82, 2.24) is 0 Å². The predicted octanol–water partition coefficient (Wildman–Crippen LogP) is 4.15. The molecule has 0 bridgehead atoms. The number of nitro groups is 2. The number of hydrogen-bond donors (Lipinski definition) is 4. The largest absolute Gasteiger partial charge is 0.399 e. The molecule has 0 aromatic heterocycles. The molecule has 0 heterocycles. The lowest BCUT2D eigenvalue weighted by atomic mass is 10.1. The lowest BCUT2D eigenvalue weighted by Gasteiger charge is -2.12. The van der Waals surface area contributed by atoms with Crippen molar-refractivity contribution in [2.24, 2.45) is 0 Å². The molecule has 0 aliphatic carbocycles. The quantitative estimate of drug-likeness (QED) is 0.281. The minimum absolute atomic E-state index is 0.0765. The Morgan fingerprint density at radius 3 is 1.46 bits per heavy atom. The van der Waals surface area contributed by atoms with Crippen LogP contribution in [0.1, 0.15) is 0 Å². The number of rotatable bonds is 6. The Morgan fingerprint density at radius 1 is 0.679 bits per heavy atom. The van der Waals surface area contributed by atoms with Gasteiger partial charge in [-0.25, -0.2) is 0 Å². The zero-order chi connectivity index (χ0) is 20.3. The van der Waals surface area contributed by atoms with Crippen molar-refractivity contribution < 1.29 is 9.85 Å². The Bertz CT molecular complexity index is 989. The first-order valence-electron chi connectivity index (χ1n) is 8.05. The first-order valence-corrected chi connectivity index (χ1v) is 8.05. The average Bonchev–Trinajstić information content (AvgIpc) is 2.61. The third kappa shape index (κ3) is 4.07. The number of hydrogen-bond acceptors (Lipinski definition) is 8. The third-order valence-corrected chi connectivity index (χ3v) is 3.84. The third-order valence-electron chi connectivity index (χ3n) is 3.84. The monoisotopic (exact) mass is 380 g/mol. The van der Waals surface area contributed by atoms with Gasteiger partial charge in [-0.15, -0.1) is 0 Å². The second kappa shape index (κ2) is 7.50. The fraction of sp³-hybridized carbons (Fsp3) is 0. The molecular formula is C18H16N6O4. The van der Waals surface area contributed by atoms with Crippen molar-refractivity contribution in [1.29, 1.82) is 0 Å². The second-order valence-electron chi connectivity index (χ2n) is 5.90. The summed E-state index contributed by atoms with van der Waals surface area (Å²) in [6.45, 7) is 0. The number of nitro benzene ring substituents is 2. The summed E-state index contributed by atoms with van der Waals surface area (Å²) in [5.41, 5.74) is 12.7. The maximum Gasteiger partial charge on any atom is 0.299 e. The van der Waals surface area contributed by atoms with Gasteiger partial charge in [-0.05, 0) is 42.5 Å². The van der Waals surface area contributed by atoms with Crippen molar-refractivity contribution in [3.8, 4) is 0 Å². The molecule has 3 aromatic rings. The second-order valence-corrected chi connectivity index (χ2v) is 5.90. The Kier molecular flexibility index (Phi) is 4.94. The molecule has 0 unspecified atom stereocenters. The molecule has 0 atom stereocenters. The molecule has 0 aliphatic rings. The Labute approximate surface area is 159 Å². The molecule has 0 saturated heterocycles. The molecule has 142 valence electrons. The van der Waals surface area contributed by atoms with Gasteiger partial charge < -0.3 is 22.1 Å². The zero-order valence-corrected chi connectivity index (χ0v) is 14.5. The van der Waals surface area contributed by atoms with Gasteiger partial charge in [0.1, 0.15) is 11.4 Å². The van der Waals surface area contributed by atoms with E-state index >= 15 is 0 Å². The van der Waals surface area contributed by atoms with Crippen LogP contribution in [0.3, 0.4) is 0 Å². The van der Waals surface area contributed by atoms with Crippen LogP contribution in [0.25, 0.3) is 0 Å². The summed E-state index contributed by atoms with van der Waals surface area (Å²) >= 11 is 0. The molecule has 0 aliphatic heterocycles. The van der Waals surface area contributed by atoms with Crippen LogP contribution in [0.5, 0.6) is 0 Å². The maximum absolute atomic E-state index is 11.4. The van der Waals surface area contributed by atoms with Crippen LogP contribution < -0.4 is 22.1 Å². The summed E-state index contributed by atoms with van der Waals surface area (Å²) in [7, 11) is 0. The maximum atomic E-state index is 11.4. The van der Waals surface area contributed by atoms with Gasteiger partial charge in [-0.3, -0.25) is 20.2 Å². The van der Waals surface area contributed by atoms with Crippen LogP contribution in [0.4, 0.5) is 45.5 Å². The van der Waals surface area contributed by atoms with E-state index in [1.807, 2.05) is 0 Å². The fourth-order valence-electron chi connectivity index (χ4n) is 2.62. The summed E-state index contributed by atoms with van der Waals surface area (Å²) in [4.78, 5) is 21.5. The zero-order valence-electron chi connectivity index (χ0n) is 14.5. The van der Waals surface area contributed by atoms with Crippen molar-refractivity contribution in [3.63, 3.8) is 0 Å². The van der Waals surface area contributed by atoms with E-state index in [1.54, 1.807) is 48.5 Å². The summed E-state index contributed by atoms with van der Waals surface area (Å²) in [6, 6.07) is 15.4. The molecule has 10 nitrogen and oxygen atoms in total. The van der Waals surface area contributed by atoms with E-state index in [1.165, 1.54) is 6.07 Å². The summed E-state index contributed by atoms with van der Waals surface area (Å²) in [6.07, 6.45) is 0. The highest BCUT2D eigenvalue weighted by Gasteiger charge is 2.25. The van der Waals surface area contributed by atoms with E-state index in [0.29, 0.717) is 22.7 Å². The number of nitrogens with zero attached hydrogens (tertiary/aromatic N) is 2. The SMILES string of the molecule is Nc1cccc(Nc2cc(Nc3cccc(N)c3)c([N+](=O)[O-])cc2[N+](=O)[O-])c1. The van der Waals surface area contributed by atoms with E-state index in [9.17, 15) is 20.2 Å². The van der Waals surface area contributed by atoms with Gasteiger partial charge in [-0.1, -0.05) is 12.1 Å². The molecule has 6 N–H and O–H groups in total. The normalized spacial score (nSPS) is 10.3. The van der Waals surface area contributed by atoms with Gasteiger partial charge in [0.25, 0.3) is 11.4 Å². The molecule has 3 aromatic carbocycles. The molecule has 0 amide bonds. The van der Waals surface area contributed by atoms with Crippen LogP contribution in [0.2, 0.25) is 0 Å². The molecule has 10 heteroatoms. The standard InChI is InChI=1S/C18H16N6O4/c19-11-3-1-5-13(7-11)21-15-9-16(22-14-6-2-4-12(20)8-14)18(24(27)28)10-17(15)23(25)26/h1-10,21-22H,19-20H2. The molecule has 0 fully saturated rings. The van der Waals surface area contributed by atoms with Crippen molar-refractivity contribution in [2.45, 2.75) is 0 Å². The smallest absolute Gasteiger partial charge is 0.299 e. The van der Waals surface area contributed by atoms with E-state index in [4.69, 9.17) is 11.5 Å². The van der Waals surface area contributed by atoms with Gasteiger partial charge in [0.05, 0.1) is 15.9 Å². The molecule has 0 radical (unpaired) electrons. The van der Waals surface area contributed by atoms with Crippen LogP contribution in [0, 0.1) is 20.2 Å². The number of nitrogens with two attached hydrogens (primary N) is 2. The van der Waals surface area contributed by atoms with Gasteiger partial charge >= 0.3 is 0 Å². The first-order chi connectivity index (χ1) is 13.3. The number of benzene rings is 3. The Morgan fingerprint density at radius 2 is 1.11 bits per heavy atom. The van der Waals surface area contributed by atoms with Crippen LogP contribution in [-0.4, -0.2) is 9.85 Å². The highest BCUT2D eigenvalue weighted by Crippen LogP contribution is 2.39. The van der Waals surface area contributed by atoms with E-state index in [-0.39, 0.29) is 11.4 Å². The highest BCUT2D eigenvalue weighted by atomic mass is 16.6. The number of anilines is 6.